The lowest BCUT2D eigenvalue weighted by atomic mass is 10.1. The van der Waals surface area contributed by atoms with Crippen LogP contribution in [0, 0.1) is 0 Å². The number of hydrogen-bond donors (Lipinski definition) is 1. The molecule has 0 saturated heterocycles. The van der Waals surface area contributed by atoms with Crippen LogP contribution < -0.4 is 5.73 Å². The van der Waals surface area contributed by atoms with Gasteiger partial charge in [0.25, 0.3) is 0 Å². The van der Waals surface area contributed by atoms with E-state index in [1.165, 1.54) is 19.2 Å². The first-order chi connectivity index (χ1) is 16.2. The van der Waals surface area contributed by atoms with Crippen molar-refractivity contribution in [3.05, 3.63) is 65.0 Å². The largest absolute Gasteiger partial charge is 0.469 e. The summed E-state index contributed by atoms with van der Waals surface area (Å²) in [7, 11) is 1.33. The van der Waals surface area contributed by atoms with Crippen LogP contribution in [0.4, 0.5) is 19.0 Å². The van der Waals surface area contributed by atoms with Crippen molar-refractivity contribution < 1.29 is 22.7 Å². The van der Waals surface area contributed by atoms with Gasteiger partial charge in [-0.3, -0.25) is 4.79 Å². The molecule has 4 rings (SSSR count). The number of halogens is 3. The Morgan fingerprint density at radius 2 is 1.79 bits per heavy atom. The summed E-state index contributed by atoms with van der Waals surface area (Å²) >= 11 is 0. The number of aryl methyl sites for hydroxylation is 1. The molecule has 2 aromatic heterocycles. The molecule has 9 heteroatoms. The quantitative estimate of drug-likeness (QED) is 0.371. The number of fused-ring (bicyclic) bond motifs is 3. The predicted molar refractivity (Wildman–Crippen MR) is 124 cm³/mol. The van der Waals surface area contributed by atoms with E-state index in [0.29, 0.717) is 24.0 Å². The molecule has 0 bridgehead atoms. The summed E-state index contributed by atoms with van der Waals surface area (Å²) < 4.78 is 45.7. The number of imidazole rings is 1. The number of benzene rings is 2. The van der Waals surface area contributed by atoms with Gasteiger partial charge in [-0.05, 0) is 35.7 Å². The van der Waals surface area contributed by atoms with E-state index in [0.717, 1.165) is 52.8 Å². The van der Waals surface area contributed by atoms with Crippen LogP contribution in [0.3, 0.4) is 0 Å². The number of nitrogen functional groups attached to an aromatic ring is 1. The Balaban J connectivity index is 1.85. The minimum Gasteiger partial charge on any atom is -0.469 e. The van der Waals surface area contributed by atoms with Crippen molar-refractivity contribution in [3.63, 3.8) is 0 Å². The van der Waals surface area contributed by atoms with Crippen molar-refractivity contribution in [2.75, 3.05) is 12.8 Å². The van der Waals surface area contributed by atoms with E-state index in [-0.39, 0.29) is 18.2 Å². The Hall–Kier alpha value is -3.62. The first-order valence-electron chi connectivity index (χ1n) is 11.0. The highest BCUT2D eigenvalue weighted by Gasteiger charge is 2.30. The summed E-state index contributed by atoms with van der Waals surface area (Å²) in [5.41, 5.74) is 8.99. The summed E-state index contributed by atoms with van der Waals surface area (Å²) in [6.07, 6.45) is -1.70. The lowest BCUT2D eigenvalue weighted by molar-refractivity contribution is -0.140. The number of hydrogen-bond acceptors (Lipinski definition) is 5. The van der Waals surface area contributed by atoms with E-state index in [1.807, 2.05) is 16.7 Å². The Labute approximate surface area is 194 Å². The molecule has 2 heterocycles. The van der Waals surface area contributed by atoms with Crippen molar-refractivity contribution in [2.24, 2.45) is 0 Å². The molecule has 2 N–H and O–H groups in total. The Kier molecular flexibility index (Phi) is 6.45. The number of alkyl halides is 3. The van der Waals surface area contributed by atoms with Gasteiger partial charge < -0.3 is 15.0 Å². The van der Waals surface area contributed by atoms with Crippen LogP contribution in [0.1, 0.15) is 42.3 Å². The van der Waals surface area contributed by atoms with Gasteiger partial charge in [0.1, 0.15) is 11.3 Å². The number of methoxy groups -OCH3 is 1. The lowest BCUT2D eigenvalue weighted by Gasteiger charge is -2.13. The Morgan fingerprint density at radius 3 is 2.44 bits per heavy atom. The number of nitrogens with zero attached hydrogens (tertiary/aromatic N) is 3. The van der Waals surface area contributed by atoms with E-state index < -0.39 is 11.7 Å². The van der Waals surface area contributed by atoms with Crippen molar-refractivity contribution in [1.29, 1.82) is 0 Å². The van der Waals surface area contributed by atoms with Crippen molar-refractivity contribution in [3.8, 4) is 0 Å². The van der Waals surface area contributed by atoms with Gasteiger partial charge in [-0.15, -0.1) is 0 Å². The topological polar surface area (TPSA) is 83.0 Å². The molecule has 0 saturated carbocycles. The predicted octanol–water partition coefficient (Wildman–Crippen LogP) is 5.29. The molecule has 178 valence electrons. The molecule has 0 unspecified atom stereocenters. The van der Waals surface area contributed by atoms with Crippen LogP contribution >= 0.6 is 0 Å². The number of carbonyl (C=O) groups is 1. The van der Waals surface area contributed by atoms with Gasteiger partial charge in [0.15, 0.2) is 5.82 Å². The normalized spacial score (nSPS) is 11.9. The second-order valence-electron chi connectivity index (χ2n) is 8.21. The molecule has 0 amide bonds. The zero-order valence-electron chi connectivity index (χ0n) is 18.9. The minimum absolute atomic E-state index is 0.110. The van der Waals surface area contributed by atoms with Gasteiger partial charge in [-0.25, -0.2) is 9.97 Å². The molecule has 0 spiro atoms. The molecule has 34 heavy (non-hydrogen) atoms. The van der Waals surface area contributed by atoms with Crippen molar-refractivity contribution in [2.45, 2.75) is 45.3 Å². The Morgan fingerprint density at radius 1 is 1.09 bits per heavy atom. The molecule has 0 radical (unpaired) electrons. The molecule has 0 aliphatic carbocycles. The molecular formula is C25H25F3N4O2. The highest BCUT2D eigenvalue weighted by molar-refractivity contribution is 6.07. The van der Waals surface area contributed by atoms with Gasteiger partial charge in [0.2, 0.25) is 0 Å². The summed E-state index contributed by atoms with van der Waals surface area (Å²) in [6.45, 7) is 2.42. The summed E-state index contributed by atoms with van der Waals surface area (Å²) in [5.74, 6) is 0.709. The van der Waals surface area contributed by atoms with Gasteiger partial charge in [0.05, 0.1) is 30.1 Å². The zero-order valence-corrected chi connectivity index (χ0v) is 18.9. The fraction of sp³-hybridized carbons (Fsp3) is 0.320. The maximum absolute atomic E-state index is 13.0. The number of nitrogens with two attached hydrogens (primary N) is 1. The van der Waals surface area contributed by atoms with Crippen LogP contribution in [0.25, 0.3) is 21.9 Å². The SMILES string of the molecule is CCCCc1nc2c(N)nc3cc(CC(=O)OC)ccc3c2n1Cc1ccc(C(F)(F)F)cc1. The Bertz CT molecular complexity index is 1340. The third-order valence-electron chi connectivity index (χ3n) is 5.80. The molecule has 0 aliphatic heterocycles. The van der Waals surface area contributed by atoms with Crippen LogP contribution in [-0.4, -0.2) is 27.6 Å². The average molecular weight is 470 g/mol. The zero-order chi connectivity index (χ0) is 24.5. The fourth-order valence-corrected chi connectivity index (χ4v) is 4.03. The number of anilines is 1. The van der Waals surface area contributed by atoms with Crippen LogP contribution in [0.2, 0.25) is 0 Å². The molecule has 0 atom stereocenters. The molecular weight excluding hydrogens is 445 g/mol. The fourth-order valence-electron chi connectivity index (χ4n) is 4.03. The molecule has 0 fully saturated rings. The highest BCUT2D eigenvalue weighted by Crippen LogP contribution is 2.32. The van der Waals surface area contributed by atoms with E-state index in [1.54, 1.807) is 6.07 Å². The van der Waals surface area contributed by atoms with Gasteiger partial charge in [-0.1, -0.05) is 37.6 Å². The first-order valence-corrected chi connectivity index (χ1v) is 11.0. The van der Waals surface area contributed by atoms with E-state index in [2.05, 4.69) is 11.9 Å². The lowest BCUT2D eigenvalue weighted by Crippen LogP contribution is -2.08. The molecule has 0 aliphatic rings. The summed E-state index contributed by atoms with van der Waals surface area (Å²) in [6, 6.07) is 10.7. The number of carbonyl (C=O) groups excluding carboxylic acids is 1. The van der Waals surface area contributed by atoms with Crippen LogP contribution in [0.15, 0.2) is 42.5 Å². The van der Waals surface area contributed by atoms with Gasteiger partial charge in [0, 0.05) is 18.4 Å². The minimum atomic E-state index is -4.38. The standard InChI is InChI=1S/C25H25F3N4O2/c1-3-4-5-20-31-22-23(32(20)14-15-6-9-17(10-7-15)25(26,27)28)18-11-8-16(13-21(33)34-2)12-19(18)30-24(22)29/h6-12H,3-5,13-14H2,1-2H3,(H2,29,30). The second-order valence-corrected chi connectivity index (χ2v) is 8.21. The number of ether oxygens (including phenoxy) is 1. The smallest absolute Gasteiger partial charge is 0.416 e. The second kappa shape index (κ2) is 9.32. The molecule has 2 aromatic carbocycles. The highest BCUT2D eigenvalue weighted by atomic mass is 19.4. The van der Waals surface area contributed by atoms with E-state index in [4.69, 9.17) is 15.5 Å². The van der Waals surface area contributed by atoms with Gasteiger partial charge in [-0.2, -0.15) is 13.2 Å². The van der Waals surface area contributed by atoms with Crippen LogP contribution in [-0.2, 0) is 35.1 Å². The van der Waals surface area contributed by atoms with Crippen LogP contribution in [0.5, 0.6) is 0 Å². The first kappa shape index (κ1) is 23.5. The number of pyridine rings is 1. The molecule has 4 aromatic rings. The monoisotopic (exact) mass is 470 g/mol. The number of esters is 1. The van der Waals surface area contributed by atoms with Gasteiger partial charge >= 0.3 is 12.1 Å². The summed E-state index contributed by atoms with van der Waals surface area (Å²) in [5, 5.41) is 0.806. The average Bonchev–Trinajstić information content (AvgIpc) is 3.16. The number of unbranched alkanes of at least 4 members (excludes halogenated alkanes) is 1. The van der Waals surface area contributed by atoms with E-state index >= 15 is 0 Å². The maximum Gasteiger partial charge on any atom is 0.416 e. The van der Waals surface area contributed by atoms with Crippen molar-refractivity contribution in [1.82, 2.24) is 14.5 Å². The third kappa shape index (κ3) is 4.69. The van der Waals surface area contributed by atoms with E-state index in [9.17, 15) is 18.0 Å². The molecule has 6 nitrogen and oxygen atoms in total. The van der Waals surface area contributed by atoms with Crippen molar-refractivity contribution >= 4 is 33.7 Å². The third-order valence-corrected chi connectivity index (χ3v) is 5.80. The summed E-state index contributed by atoms with van der Waals surface area (Å²) in [4.78, 5) is 21.0. The number of aromatic nitrogens is 3. The maximum atomic E-state index is 13.0. The number of rotatable bonds is 7.